The number of hydrogen-bond donors (Lipinski definition) is 1. The van der Waals surface area contributed by atoms with Gasteiger partial charge < -0.3 is 0 Å². The van der Waals surface area contributed by atoms with Gasteiger partial charge in [-0.25, -0.2) is 0 Å². The van der Waals surface area contributed by atoms with E-state index in [2.05, 4.69) is 12.2 Å². The highest BCUT2D eigenvalue weighted by Crippen LogP contribution is 2.59. The van der Waals surface area contributed by atoms with Crippen LogP contribution < -0.4 is 0 Å². The van der Waals surface area contributed by atoms with Crippen LogP contribution in [0.25, 0.3) is 0 Å². The number of thioether (sulfide) groups is 1. The van der Waals surface area contributed by atoms with Crippen molar-refractivity contribution in [1.29, 1.82) is 0 Å². The van der Waals surface area contributed by atoms with Crippen LogP contribution in [0, 0.1) is 23.7 Å². The summed E-state index contributed by atoms with van der Waals surface area (Å²) in [4.78, 5) is 0. The van der Waals surface area contributed by atoms with Gasteiger partial charge in [0.05, 0.1) is 5.75 Å². The molecule has 0 aromatic rings. The molecule has 0 spiro atoms. The highest BCUT2D eigenvalue weighted by atomic mass is 32.2. The molecule has 0 aliphatic heterocycles. The molecule has 0 aromatic heterocycles. The van der Waals surface area contributed by atoms with E-state index in [1.54, 1.807) is 0 Å². The Hall–Kier alpha value is -0.000000000000000111. The first-order valence-electron chi connectivity index (χ1n) is 6.78. The Morgan fingerprint density at radius 2 is 2.11 bits per heavy atom. The average Bonchev–Trinajstić information content (AvgIpc) is 2.94. The van der Waals surface area contributed by atoms with Gasteiger partial charge in [0, 0.05) is 5.25 Å². The molecule has 0 amide bonds. The van der Waals surface area contributed by atoms with Crippen LogP contribution in [0.2, 0.25) is 0 Å². The van der Waals surface area contributed by atoms with Crippen LogP contribution in [0.1, 0.15) is 25.7 Å². The lowest BCUT2D eigenvalue weighted by Crippen LogP contribution is -2.26. The van der Waals surface area contributed by atoms with Crippen molar-refractivity contribution in [2.45, 2.75) is 30.9 Å². The smallest absolute Gasteiger partial charge is 0.264 e. The normalized spacial score (nSPS) is 41.5. The summed E-state index contributed by atoms with van der Waals surface area (Å²) in [5.41, 5.74) is 0. The molecule has 3 nitrogen and oxygen atoms in total. The van der Waals surface area contributed by atoms with Crippen molar-refractivity contribution in [3.8, 4) is 0 Å². The monoisotopic (exact) mass is 288 g/mol. The first-order chi connectivity index (χ1) is 8.54. The second kappa shape index (κ2) is 4.84. The minimum absolute atomic E-state index is 0.0889. The molecule has 2 fully saturated rings. The predicted octanol–water partition coefficient (Wildman–Crippen LogP) is 2.60. The fourth-order valence-corrected chi connectivity index (χ4v) is 6.41. The summed E-state index contributed by atoms with van der Waals surface area (Å²) >= 11 is 1.93. The zero-order valence-corrected chi connectivity index (χ0v) is 12.0. The lowest BCUT2D eigenvalue weighted by molar-refractivity contribution is 0.292. The van der Waals surface area contributed by atoms with Crippen molar-refractivity contribution in [1.82, 2.24) is 0 Å². The molecule has 5 heteroatoms. The fraction of sp³-hybridized carbons (Fsp3) is 0.846. The van der Waals surface area contributed by atoms with Crippen LogP contribution in [0.4, 0.5) is 0 Å². The van der Waals surface area contributed by atoms with Gasteiger partial charge in [0.25, 0.3) is 10.1 Å². The van der Waals surface area contributed by atoms with Crippen LogP contribution in [-0.2, 0) is 10.1 Å². The molecule has 3 rings (SSSR count). The maximum absolute atomic E-state index is 10.6. The molecule has 5 unspecified atom stereocenters. The average molecular weight is 288 g/mol. The van der Waals surface area contributed by atoms with Gasteiger partial charge in [-0.2, -0.15) is 20.2 Å². The number of allylic oxidation sites excluding steroid dienone is 2. The summed E-state index contributed by atoms with van der Waals surface area (Å²) in [7, 11) is -3.77. The molecule has 0 aromatic carbocycles. The Labute approximate surface area is 113 Å². The molecule has 0 saturated heterocycles. The molecule has 2 bridgehead atoms. The van der Waals surface area contributed by atoms with E-state index >= 15 is 0 Å². The lowest BCUT2D eigenvalue weighted by Gasteiger charge is -2.31. The summed E-state index contributed by atoms with van der Waals surface area (Å²) in [5, 5.41) is 0.734. The predicted molar refractivity (Wildman–Crippen MR) is 74.2 cm³/mol. The second-order valence-corrected chi connectivity index (χ2v) is 8.77. The topological polar surface area (TPSA) is 54.4 Å². The van der Waals surface area contributed by atoms with Crippen molar-refractivity contribution in [2.75, 3.05) is 11.5 Å². The summed E-state index contributed by atoms with van der Waals surface area (Å²) in [6, 6.07) is 0. The SMILES string of the molecule is O=S(=O)(O)CCCSC1CC2CC1C1CC=CC21. The van der Waals surface area contributed by atoms with Crippen molar-refractivity contribution in [3.05, 3.63) is 12.2 Å². The first-order valence-corrected chi connectivity index (χ1v) is 9.44. The zero-order chi connectivity index (χ0) is 12.8. The first kappa shape index (κ1) is 13.0. The van der Waals surface area contributed by atoms with Gasteiger partial charge in [-0.3, -0.25) is 4.55 Å². The van der Waals surface area contributed by atoms with E-state index in [4.69, 9.17) is 4.55 Å². The third-order valence-corrected chi connectivity index (χ3v) is 7.12. The standard InChI is InChI=1S/C13H20O3S2/c14-18(15,16)6-2-5-17-13-8-9-7-12(13)11-4-1-3-10(9)11/h1,3,9-13H,2,4-8H2,(H,14,15,16). The molecule has 0 radical (unpaired) electrons. The Morgan fingerprint density at radius 1 is 1.28 bits per heavy atom. The van der Waals surface area contributed by atoms with Crippen molar-refractivity contribution in [3.63, 3.8) is 0 Å². The number of fused-ring (bicyclic) bond motifs is 5. The Balaban J connectivity index is 1.46. The van der Waals surface area contributed by atoms with E-state index in [0.29, 0.717) is 6.42 Å². The number of hydrogen-bond acceptors (Lipinski definition) is 3. The highest BCUT2D eigenvalue weighted by Gasteiger charge is 2.52. The van der Waals surface area contributed by atoms with Crippen molar-refractivity contribution < 1.29 is 13.0 Å². The Bertz CT molecular complexity index is 443. The van der Waals surface area contributed by atoms with E-state index < -0.39 is 10.1 Å². The van der Waals surface area contributed by atoms with Crippen LogP contribution >= 0.6 is 11.8 Å². The van der Waals surface area contributed by atoms with E-state index in [1.165, 1.54) is 19.3 Å². The summed E-state index contributed by atoms with van der Waals surface area (Å²) in [5.74, 6) is 4.24. The fourth-order valence-electron chi connectivity index (χ4n) is 4.16. The van der Waals surface area contributed by atoms with Gasteiger partial charge in [0.15, 0.2) is 0 Å². The van der Waals surface area contributed by atoms with Crippen LogP contribution in [0.15, 0.2) is 12.2 Å². The molecule has 18 heavy (non-hydrogen) atoms. The van der Waals surface area contributed by atoms with Gasteiger partial charge >= 0.3 is 0 Å². The molecular weight excluding hydrogens is 268 g/mol. The molecule has 1 N–H and O–H groups in total. The molecule has 5 atom stereocenters. The summed E-state index contributed by atoms with van der Waals surface area (Å²) in [6.07, 6.45) is 9.30. The van der Waals surface area contributed by atoms with Crippen LogP contribution in [0.3, 0.4) is 0 Å². The van der Waals surface area contributed by atoms with Gasteiger partial charge in [-0.15, -0.1) is 0 Å². The molecule has 3 aliphatic rings. The van der Waals surface area contributed by atoms with Crippen molar-refractivity contribution in [2.24, 2.45) is 23.7 Å². The van der Waals surface area contributed by atoms with Gasteiger partial charge in [-0.1, -0.05) is 12.2 Å². The van der Waals surface area contributed by atoms with E-state index in [0.717, 1.165) is 34.7 Å². The van der Waals surface area contributed by atoms with Crippen molar-refractivity contribution >= 4 is 21.9 Å². The zero-order valence-electron chi connectivity index (χ0n) is 10.4. The molecular formula is C13H20O3S2. The van der Waals surface area contributed by atoms with E-state index in [-0.39, 0.29) is 5.75 Å². The lowest BCUT2D eigenvalue weighted by atomic mass is 9.81. The maximum Gasteiger partial charge on any atom is 0.264 e. The van der Waals surface area contributed by atoms with Gasteiger partial charge in [0.2, 0.25) is 0 Å². The van der Waals surface area contributed by atoms with Gasteiger partial charge in [-0.05, 0) is 55.1 Å². The molecule has 102 valence electrons. The van der Waals surface area contributed by atoms with Crippen LogP contribution in [0.5, 0.6) is 0 Å². The minimum Gasteiger partial charge on any atom is -0.286 e. The molecule has 2 saturated carbocycles. The number of rotatable bonds is 5. The van der Waals surface area contributed by atoms with Crippen LogP contribution in [-0.4, -0.2) is 29.7 Å². The summed E-state index contributed by atoms with van der Waals surface area (Å²) < 4.78 is 30.0. The third kappa shape index (κ3) is 2.49. The van der Waals surface area contributed by atoms with Gasteiger partial charge in [0.1, 0.15) is 0 Å². The van der Waals surface area contributed by atoms with E-state index in [1.807, 2.05) is 11.8 Å². The third-order valence-electron chi connectivity index (χ3n) is 4.82. The second-order valence-electron chi connectivity index (χ2n) is 5.85. The molecule has 3 aliphatic carbocycles. The maximum atomic E-state index is 10.6. The molecule has 0 heterocycles. The summed E-state index contributed by atoms with van der Waals surface area (Å²) in [6.45, 7) is 0. The Kier molecular flexibility index (Phi) is 3.49. The largest absolute Gasteiger partial charge is 0.286 e. The van der Waals surface area contributed by atoms with E-state index in [9.17, 15) is 8.42 Å². The minimum atomic E-state index is -3.77. The Morgan fingerprint density at radius 3 is 2.89 bits per heavy atom. The highest BCUT2D eigenvalue weighted by molar-refractivity contribution is 7.99. The quantitative estimate of drug-likeness (QED) is 0.480.